The van der Waals surface area contributed by atoms with Gasteiger partial charge in [-0.3, -0.25) is 0 Å². The second kappa shape index (κ2) is 7.50. The van der Waals surface area contributed by atoms with Crippen LogP contribution in [0, 0.1) is 0 Å². The molecule has 0 aliphatic carbocycles. The van der Waals surface area contributed by atoms with Crippen molar-refractivity contribution in [3.8, 4) is 0 Å². The summed E-state index contributed by atoms with van der Waals surface area (Å²) in [5.41, 5.74) is 2.16. The number of piperidine rings is 1. The highest BCUT2D eigenvalue weighted by Gasteiger charge is 2.17. The molecule has 1 saturated heterocycles. The van der Waals surface area contributed by atoms with Crippen molar-refractivity contribution in [3.63, 3.8) is 0 Å². The van der Waals surface area contributed by atoms with E-state index in [-0.39, 0.29) is 6.04 Å². The van der Waals surface area contributed by atoms with Crippen molar-refractivity contribution in [2.75, 3.05) is 23.3 Å². The first kappa shape index (κ1) is 17.1. The molecule has 3 aromatic rings. The van der Waals surface area contributed by atoms with Crippen LogP contribution < -0.4 is 10.2 Å². The Balaban J connectivity index is 1.69. The van der Waals surface area contributed by atoms with Crippen molar-refractivity contribution in [2.45, 2.75) is 32.2 Å². The van der Waals surface area contributed by atoms with E-state index < -0.39 is 0 Å². The van der Waals surface area contributed by atoms with Crippen molar-refractivity contribution >= 4 is 34.3 Å². The molecule has 1 aliphatic heterocycles. The lowest BCUT2D eigenvalue weighted by atomic mass is 10.1. The maximum absolute atomic E-state index is 6.01. The lowest BCUT2D eigenvalue weighted by Gasteiger charge is -2.27. The largest absolute Gasteiger partial charge is 0.363 e. The summed E-state index contributed by atoms with van der Waals surface area (Å²) in [6, 6.07) is 16.3. The van der Waals surface area contributed by atoms with Crippen LogP contribution in [0.4, 0.5) is 11.8 Å². The Labute approximate surface area is 159 Å². The fraction of sp³-hybridized carbons (Fsp3) is 0.333. The van der Waals surface area contributed by atoms with Gasteiger partial charge >= 0.3 is 0 Å². The van der Waals surface area contributed by atoms with Gasteiger partial charge in [-0.25, -0.2) is 4.98 Å². The van der Waals surface area contributed by atoms with Crippen molar-refractivity contribution in [1.29, 1.82) is 0 Å². The summed E-state index contributed by atoms with van der Waals surface area (Å²) >= 11 is 6.01. The number of anilines is 2. The third kappa shape index (κ3) is 3.61. The molecular weight excluding hydrogens is 344 g/mol. The summed E-state index contributed by atoms with van der Waals surface area (Å²) in [7, 11) is 0. The number of para-hydroxylation sites is 1. The van der Waals surface area contributed by atoms with Crippen LogP contribution in [-0.2, 0) is 0 Å². The SMILES string of the molecule is CC(Nc1nc(N2CCCCC2)nc2ccccc12)c1ccc(Cl)cc1. The van der Waals surface area contributed by atoms with E-state index in [2.05, 4.69) is 41.4 Å². The highest BCUT2D eigenvalue weighted by Crippen LogP contribution is 2.28. The summed E-state index contributed by atoms with van der Waals surface area (Å²) in [5.74, 6) is 1.72. The van der Waals surface area contributed by atoms with Crippen molar-refractivity contribution in [2.24, 2.45) is 0 Å². The van der Waals surface area contributed by atoms with E-state index in [1.807, 2.05) is 24.3 Å². The molecule has 0 saturated carbocycles. The molecule has 1 aliphatic rings. The lowest BCUT2D eigenvalue weighted by molar-refractivity contribution is 0.569. The molecule has 1 unspecified atom stereocenters. The summed E-state index contributed by atoms with van der Waals surface area (Å²) in [5, 5.41) is 5.38. The average molecular weight is 367 g/mol. The molecule has 26 heavy (non-hydrogen) atoms. The highest BCUT2D eigenvalue weighted by molar-refractivity contribution is 6.30. The van der Waals surface area contributed by atoms with Gasteiger partial charge in [-0.05, 0) is 56.0 Å². The van der Waals surface area contributed by atoms with Gasteiger partial charge in [0, 0.05) is 29.5 Å². The van der Waals surface area contributed by atoms with Crippen LogP contribution in [0.3, 0.4) is 0 Å². The van der Waals surface area contributed by atoms with Gasteiger partial charge in [-0.1, -0.05) is 35.9 Å². The zero-order valence-corrected chi connectivity index (χ0v) is 15.7. The Morgan fingerprint density at radius 2 is 1.69 bits per heavy atom. The molecule has 0 bridgehead atoms. The Hall–Kier alpha value is -2.33. The Bertz CT molecular complexity index is 888. The number of benzene rings is 2. The fourth-order valence-electron chi connectivity index (χ4n) is 3.45. The topological polar surface area (TPSA) is 41.1 Å². The molecular formula is C21H23ClN4. The van der Waals surface area contributed by atoms with Crippen LogP contribution in [-0.4, -0.2) is 23.1 Å². The maximum atomic E-state index is 6.01. The number of nitrogens with zero attached hydrogens (tertiary/aromatic N) is 3. The third-order valence-electron chi connectivity index (χ3n) is 4.95. The molecule has 0 radical (unpaired) electrons. The van der Waals surface area contributed by atoms with Gasteiger partial charge < -0.3 is 10.2 Å². The van der Waals surface area contributed by atoms with Gasteiger partial charge in [0.15, 0.2) is 0 Å². The minimum atomic E-state index is 0.125. The third-order valence-corrected chi connectivity index (χ3v) is 5.21. The van der Waals surface area contributed by atoms with Crippen LogP contribution in [0.5, 0.6) is 0 Å². The van der Waals surface area contributed by atoms with Crippen molar-refractivity contribution in [3.05, 3.63) is 59.1 Å². The number of halogens is 1. The van der Waals surface area contributed by atoms with E-state index in [0.29, 0.717) is 0 Å². The normalized spacial score (nSPS) is 15.8. The smallest absolute Gasteiger partial charge is 0.227 e. The summed E-state index contributed by atoms with van der Waals surface area (Å²) in [6.45, 7) is 4.20. The standard InChI is InChI=1S/C21H23ClN4/c1-15(16-9-11-17(22)12-10-16)23-20-18-7-3-4-8-19(18)24-21(25-20)26-13-5-2-6-14-26/h3-4,7-12,15H,2,5-6,13-14H2,1H3,(H,23,24,25). The van der Waals surface area contributed by atoms with Crippen LogP contribution >= 0.6 is 11.6 Å². The van der Waals surface area contributed by atoms with E-state index in [9.17, 15) is 0 Å². The minimum Gasteiger partial charge on any atom is -0.363 e. The second-order valence-corrected chi connectivity index (χ2v) is 7.29. The zero-order valence-electron chi connectivity index (χ0n) is 15.0. The molecule has 4 rings (SSSR count). The number of rotatable bonds is 4. The first-order chi connectivity index (χ1) is 12.7. The van der Waals surface area contributed by atoms with Gasteiger partial charge in [-0.15, -0.1) is 0 Å². The fourth-order valence-corrected chi connectivity index (χ4v) is 3.58. The number of fused-ring (bicyclic) bond motifs is 1. The van der Waals surface area contributed by atoms with E-state index in [1.165, 1.54) is 24.8 Å². The quantitative estimate of drug-likeness (QED) is 0.666. The summed E-state index contributed by atoms with van der Waals surface area (Å²) < 4.78 is 0. The zero-order chi connectivity index (χ0) is 17.9. The molecule has 0 amide bonds. The van der Waals surface area contributed by atoms with E-state index in [4.69, 9.17) is 21.6 Å². The Morgan fingerprint density at radius 1 is 0.962 bits per heavy atom. The average Bonchev–Trinajstić information content (AvgIpc) is 2.69. The molecule has 1 atom stereocenters. The minimum absolute atomic E-state index is 0.125. The Kier molecular flexibility index (Phi) is 4.93. The highest BCUT2D eigenvalue weighted by atomic mass is 35.5. The monoisotopic (exact) mass is 366 g/mol. The number of nitrogens with one attached hydrogen (secondary N) is 1. The molecule has 2 heterocycles. The van der Waals surface area contributed by atoms with E-state index >= 15 is 0 Å². The van der Waals surface area contributed by atoms with Crippen LogP contribution in [0.15, 0.2) is 48.5 Å². The molecule has 1 aromatic heterocycles. The summed E-state index contributed by atoms with van der Waals surface area (Å²) in [6.07, 6.45) is 3.71. The molecule has 1 fully saturated rings. The van der Waals surface area contributed by atoms with Crippen LogP contribution in [0.1, 0.15) is 37.8 Å². The summed E-state index contributed by atoms with van der Waals surface area (Å²) in [4.78, 5) is 12.0. The molecule has 0 spiro atoms. The van der Waals surface area contributed by atoms with Gasteiger partial charge in [0.05, 0.1) is 5.52 Å². The number of aromatic nitrogens is 2. The maximum Gasteiger partial charge on any atom is 0.227 e. The Morgan fingerprint density at radius 3 is 2.46 bits per heavy atom. The number of hydrogen-bond donors (Lipinski definition) is 1. The number of hydrogen-bond acceptors (Lipinski definition) is 4. The molecule has 2 aromatic carbocycles. The van der Waals surface area contributed by atoms with Gasteiger partial charge in [-0.2, -0.15) is 4.98 Å². The van der Waals surface area contributed by atoms with E-state index in [0.717, 1.165) is 40.8 Å². The first-order valence-electron chi connectivity index (χ1n) is 9.24. The molecule has 134 valence electrons. The molecule has 1 N–H and O–H groups in total. The molecule has 5 heteroatoms. The van der Waals surface area contributed by atoms with Crippen LogP contribution in [0.2, 0.25) is 5.02 Å². The predicted molar refractivity (Wildman–Crippen MR) is 109 cm³/mol. The lowest BCUT2D eigenvalue weighted by Crippen LogP contribution is -2.31. The van der Waals surface area contributed by atoms with Gasteiger partial charge in [0.25, 0.3) is 0 Å². The van der Waals surface area contributed by atoms with E-state index in [1.54, 1.807) is 0 Å². The van der Waals surface area contributed by atoms with Crippen LogP contribution in [0.25, 0.3) is 10.9 Å². The van der Waals surface area contributed by atoms with Gasteiger partial charge in [0.1, 0.15) is 5.82 Å². The van der Waals surface area contributed by atoms with Gasteiger partial charge in [0.2, 0.25) is 5.95 Å². The second-order valence-electron chi connectivity index (χ2n) is 6.85. The van der Waals surface area contributed by atoms with Crippen molar-refractivity contribution < 1.29 is 0 Å². The first-order valence-corrected chi connectivity index (χ1v) is 9.62. The molecule has 4 nitrogen and oxygen atoms in total. The predicted octanol–water partition coefficient (Wildman–Crippen LogP) is 5.45. The van der Waals surface area contributed by atoms with Crippen molar-refractivity contribution in [1.82, 2.24) is 9.97 Å².